The maximum atomic E-state index is 11.5. The number of pyridine rings is 1. The van der Waals surface area contributed by atoms with Crippen molar-refractivity contribution in [1.82, 2.24) is 10.3 Å². The van der Waals surface area contributed by atoms with Crippen LogP contribution in [-0.2, 0) is 10.0 Å². The van der Waals surface area contributed by atoms with Crippen molar-refractivity contribution < 1.29 is 8.42 Å². The fourth-order valence-electron chi connectivity index (χ4n) is 0.913. The van der Waals surface area contributed by atoms with Crippen LogP contribution < -0.4 is 10.0 Å². The molecule has 0 aliphatic heterocycles. The highest BCUT2D eigenvalue weighted by Gasteiger charge is 2.10. The smallest absolute Gasteiger partial charge is 0.234 e. The molecule has 0 radical (unpaired) electrons. The highest BCUT2D eigenvalue weighted by molar-refractivity contribution is 9.10. The van der Waals surface area contributed by atoms with E-state index in [2.05, 4.69) is 31.0 Å². The zero-order chi connectivity index (χ0) is 11.3. The zero-order valence-corrected chi connectivity index (χ0v) is 10.6. The summed E-state index contributed by atoms with van der Waals surface area (Å²) in [5.74, 6) is 0.0399. The Kier molecular flexibility index (Phi) is 4.49. The quantitative estimate of drug-likeness (QED) is 0.843. The molecule has 0 saturated heterocycles. The van der Waals surface area contributed by atoms with Crippen molar-refractivity contribution in [2.75, 3.05) is 24.1 Å². The van der Waals surface area contributed by atoms with Crippen molar-refractivity contribution in [3.63, 3.8) is 0 Å². The molecule has 0 aliphatic carbocycles. The van der Waals surface area contributed by atoms with E-state index in [-0.39, 0.29) is 5.75 Å². The number of halogens is 1. The standard InChI is InChI=1S/C8H12BrN3O2S/c1-10-4-5-15(13,14)12-8-2-3-11-6-7(8)9/h2-3,6,10H,4-5H2,1H3,(H,11,12). The molecule has 0 unspecified atom stereocenters. The van der Waals surface area contributed by atoms with Gasteiger partial charge in [-0.3, -0.25) is 9.71 Å². The molecule has 1 rings (SSSR count). The van der Waals surface area contributed by atoms with E-state index in [1.165, 1.54) is 12.4 Å². The van der Waals surface area contributed by atoms with E-state index < -0.39 is 10.0 Å². The van der Waals surface area contributed by atoms with Crippen LogP contribution >= 0.6 is 15.9 Å². The molecule has 0 saturated carbocycles. The van der Waals surface area contributed by atoms with E-state index in [1.54, 1.807) is 13.1 Å². The average molecular weight is 294 g/mol. The number of rotatable bonds is 5. The second-order valence-electron chi connectivity index (χ2n) is 2.88. The van der Waals surface area contributed by atoms with Gasteiger partial charge in [-0.25, -0.2) is 8.42 Å². The van der Waals surface area contributed by atoms with Gasteiger partial charge in [-0.15, -0.1) is 0 Å². The molecule has 0 fully saturated rings. The van der Waals surface area contributed by atoms with E-state index in [4.69, 9.17) is 0 Å². The van der Waals surface area contributed by atoms with E-state index in [0.717, 1.165) is 0 Å². The summed E-state index contributed by atoms with van der Waals surface area (Å²) in [5.41, 5.74) is 0.501. The topological polar surface area (TPSA) is 71.1 Å². The van der Waals surface area contributed by atoms with Gasteiger partial charge < -0.3 is 5.32 Å². The van der Waals surface area contributed by atoms with E-state index in [0.29, 0.717) is 16.7 Å². The number of sulfonamides is 1. The Hall–Kier alpha value is -0.660. The predicted octanol–water partition coefficient (Wildman–Crippen LogP) is 0.805. The highest BCUT2D eigenvalue weighted by Crippen LogP contribution is 2.20. The summed E-state index contributed by atoms with van der Waals surface area (Å²) in [6, 6.07) is 1.60. The minimum absolute atomic E-state index is 0.0399. The highest BCUT2D eigenvalue weighted by atomic mass is 79.9. The fourth-order valence-corrected chi connectivity index (χ4v) is 2.48. The molecule has 0 aliphatic rings. The van der Waals surface area contributed by atoms with Gasteiger partial charge in [0.2, 0.25) is 10.0 Å². The van der Waals surface area contributed by atoms with Crippen LogP contribution in [0.25, 0.3) is 0 Å². The zero-order valence-electron chi connectivity index (χ0n) is 8.20. The van der Waals surface area contributed by atoms with Crippen LogP contribution in [0.1, 0.15) is 0 Å². The Labute approximate surface area is 97.5 Å². The maximum Gasteiger partial charge on any atom is 0.234 e. The van der Waals surface area contributed by atoms with Gasteiger partial charge in [0.15, 0.2) is 0 Å². The number of nitrogens with zero attached hydrogens (tertiary/aromatic N) is 1. The molecule has 0 bridgehead atoms. The summed E-state index contributed by atoms with van der Waals surface area (Å²) in [7, 11) is -1.58. The minimum Gasteiger partial charge on any atom is -0.319 e. The van der Waals surface area contributed by atoms with Gasteiger partial charge in [-0.05, 0) is 29.0 Å². The Bertz CT molecular complexity index is 422. The Morgan fingerprint density at radius 1 is 1.53 bits per heavy atom. The van der Waals surface area contributed by atoms with Crippen LogP contribution in [-0.4, -0.2) is 32.7 Å². The van der Waals surface area contributed by atoms with Crippen LogP contribution in [0.5, 0.6) is 0 Å². The molecule has 0 atom stereocenters. The monoisotopic (exact) mass is 293 g/mol. The van der Waals surface area contributed by atoms with Crippen LogP contribution in [0.2, 0.25) is 0 Å². The molecule has 1 aromatic heterocycles. The van der Waals surface area contributed by atoms with Crippen molar-refractivity contribution in [3.8, 4) is 0 Å². The van der Waals surface area contributed by atoms with Gasteiger partial charge >= 0.3 is 0 Å². The second kappa shape index (κ2) is 5.43. The SMILES string of the molecule is CNCCS(=O)(=O)Nc1ccncc1Br. The number of aromatic nitrogens is 1. The first-order valence-corrected chi connectivity index (χ1v) is 6.74. The second-order valence-corrected chi connectivity index (χ2v) is 5.58. The summed E-state index contributed by atoms with van der Waals surface area (Å²) in [6.45, 7) is 0.415. The molecule has 84 valence electrons. The first-order chi connectivity index (χ1) is 7.05. The van der Waals surface area contributed by atoms with Crippen LogP contribution in [0.15, 0.2) is 22.9 Å². The molecular weight excluding hydrogens is 282 g/mol. The van der Waals surface area contributed by atoms with E-state index in [9.17, 15) is 8.42 Å². The van der Waals surface area contributed by atoms with E-state index >= 15 is 0 Å². The third-order valence-corrected chi connectivity index (χ3v) is 3.56. The third-order valence-electron chi connectivity index (χ3n) is 1.66. The number of hydrogen-bond donors (Lipinski definition) is 2. The summed E-state index contributed by atoms with van der Waals surface area (Å²) >= 11 is 3.21. The summed E-state index contributed by atoms with van der Waals surface area (Å²) in [5, 5.41) is 2.78. The third kappa shape index (κ3) is 4.15. The van der Waals surface area contributed by atoms with Crippen LogP contribution in [0.3, 0.4) is 0 Å². The van der Waals surface area contributed by atoms with Gasteiger partial charge in [0, 0.05) is 18.9 Å². The Morgan fingerprint density at radius 2 is 2.27 bits per heavy atom. The minimum atomic E-state index is -3.29. The molecule has 2 N–H and O–H groups in total. The fraction of sp³-hybridized carbons (Fsp3) is 0.375. The molecular formula is C8H12BrN3O2S. The molecule has 0 aromatic carbocycles. The Morgan fingerprint density at radius 3 is 2.87 bits per heavy atom. The van der Waals surface area contributed by atoms with Crippen LogP contribution in [0.4, 0.5) is 5.69 Å². The molecule has 15 heavy (non-hydrogen) atoms. The van der Waals surface area contributed by atoms with Crippen molar-refractivity contribution in [2.24, 2.45) is 0 Å². The van der Waals surface area contributed by atoms with Gasteiger partial charge in [0.1, 0.15) is 0 Å². The largest absolute Gasteiger partial charge is 0.319 e. The summed E-state index contributed by atoms with van der Waals surface area (Å²) in [4.78, 5) is 3.84. The Balaban J connectivity index is 2.74. The van der Waals surface area contributed by atoms with Crippen molar-refractivity contribution in [2.45, 2.75) is 0 Å². The number of hydrogen-bond acceptors (Lipinski definition) is 4. The molecule has 5 nitrogen and oxygen atoms in total. The lowest BCUT2D eigenvalue weighted by Gasteiger charge is -2.08. The maximum absolute atomic E-state index is 11.5. The number of nitrogens with one attached hydrogen (secondary N) is 2. The molecule has 1 heterocycles. The van der Waals surface area contributed by atoms with Gasteiger partial charge in [0.05, 0.1) is 15.9 Å². The lowest BCUT2D eigenvalue weighted by atomic mass is 10.4. The van der Waals surface area contributed by atoms with Crippen molar-refractivity contribution in [1.29, 1.82) is 0 Å². The molecule has 0 amide bonds. The van der Waals surface area contributed by atoms with Gasteiger partial charge in [0.25, 0.3) is 0 Å². The summed E-state index contributed by atoms with van der Waals surface area (Å²) < 4.78 is 26.1. The molecule has 7 heteroatoms. The van der Waals surface area contributed by atoms with Crippen molar-refractivity contribution in [3.05, 3.63) is 22.9 Å². The van der Waals surface area contributed by atoms with Gasteiger partial charge in [-0.1, -0.05) is 0 Å². The lowest BCUT2D eigenvalue weighted by Crippen LogP contribution is -2.24. The first-order valence-electron chi connectivity index (χ1n) is 4.30. The first kappa shape index (κ1) is 12.4. The summed E-state index contributed by atoms with van der Waals surface area (Å²) in [6.07, 6.45) is 3.07. The predicted molar refractivity (Wildman–Crippen MR) is 63.3 cm³/mol. The number of anilines is 1. The molecule has 0 spiro atoms. The van der Waals surface area contributed by atoms with Crippen molar-refractivity contribution >= 4 is 31.6 Å². The lowest BCUT2D eigenvalue weighted by molar-refractivity contribution is 0.598. The molecule has 1 aromatic rings. The van der Waals surface area contributed by atoms with Crippen LogP contribution in [0, 0.1) is 0 Å². The van der Waals surface area contributed by atoms with E-state index in [1.807, 2.05) is 0 Å². The van der Waals surface area contributed by atoms with Gasteiger partial charge in [-0.2, -0.15) is 0 Å². The normalized spacial score (nSPS) is 11.3. The average Bonchev–Trinajstić information content (AvgIpc) is 2.18.